The molecular weight excluding hydrogens is 428 g/mol. The quantitative estimate of drug-likeness (QED) is 0.255. The minimum absolute atomic E-state index is 0.0365. The van der Waals surface area contributed by atoms with Gasteiger partial charge >= 0.3 is 5.97 Å². The van der Waals surface area contributed by atoms with Gasteiger partial charge in [0.2, 0.25) is 0 Å². The Morgan fingerprint density at radius 2 is 1.35 bits per heavy atom. The molecule has 7 nitrogen and oxygen atoms in total. The van der Waals surface area contributed by atoms with Crippen molar-refractivity contribution < 1.29 is 14.7 Å². The lowest BCUT2D eigenvalue weighted by Crippen LogP contribution is -2.05. The Morgan fingerprint density at radius 1 is 0.765 bits per heavy atom. The second-order valence-corrected chi connectivity index (χ2v) is 8.04. The number of aromatic nitrogens is 2. The molecule has 7 heteroatoms. The molecule has 1 heterocycles. The summed E-state index contributed by atoms with van der Waals surface area (Å²) in [6.07, 6.45) is 0. The fourth-order valence-electron chi connectivity index (χ4n) is 4.19. The molecule has 0 saturated carbocycles. The Balaban J connectivity index is 1.71. The first kappa shape index (κ1) is 21.1. The first-order valence-corrected chi connectivity index (χ1v) is 10.6. The van der Waals surface area contributed by atoms with Crippen LogP contribution < -0.4 is 11.5 Å². The molecular formula is C27H20N4O3. The van der Waals surface area contributed by atoms with Crippen LogP contribution in [-0.2, 0) is 0 Å². The third-order valence-electron chi connectivity index (χ3n) is 5.87. The van der Waals surface area contributed by atoms with E-state index in [1.54, 1.807) is 25.1 Å². The molecule has 0 aliphatic heterocycles. The number of nitrogens with two attached hydrogens (primary N) is 2. The van der Waals surface area contributed by atoms with E-state index in [1.807, 2.05) is 42.5 Å². The van der Waals surface area contributed by atoms with Crippen LogP contribution in [0.4, 0.5) is 11.6 Å². The van der Waals surface area contributed by atoms with E-state index in [2.05, 4.69) is 9.97 Å². The molecule has 166 valence electrons. The Hall–Kier alpha value is -4.78. The monoisotopic (exact) mass is 448 g/mol. The summed E-state index contributed by atoms with van der Waals surface area (Å²) in [6, 6.07) is 21.7. The summed E-state index contributed by atoms with van der Waals surface area (Å²) in [5.74, 6) is -0.715. The molecule has 0 aliphatic rings. The van der Waals surface area contributed by atoms with Crippen LogP contribution in [0.1, 0.15) is 27.6 Å². The zero-order valence-electron chi connectivity index (χ0n) is 18.2. The Kier molecular flexibility index (Phi) is 4.94. The lowest BCUT2D eigenvalue weighted by molar-refractivity contribution is 0.0696. The maximum absolute atomic E-state index is 12.3. The first-order valence-electron chi connectivity index (χ1n) is 10.6. The van der Waals surface area contributed by atoms with Crippen molar-refractivity contribution in [3.8, 4) is 22.5 Å². The molecule has 5 N–H and O–H groups in total. The molecule has 0 unspecified atom stereocenters. The predicted octanol–water partition coefficient (Wildman–Crippen LogP) is 5.18. The van der Waals surface area contributed by atoms with Crippen LogP contribution >= 0.6 is 0 Å². The number of Topliss-reactive ketones (excluding diaryl/α,β-unsaturated/α-hetero) is 1. The molecule has 1 aromatic heterocycles. The SMILES string of the molecule is CC(=O)c1ccc(-c2nc(N)c(-c3ccc(C(=O)O)cc3)nc2N)c2cc3ccccc3cc12. The molecule has 0 fully saturated rings. The van der Waals surface area contributed by atoms with Gasteiger partial charge in [-0.2, -0.15) is 0 Å². The minimum Gasteiger partial charge on any atom is -0.478 e. The van der Waals surface area contributed by atoms with Crippen LogP contribution in [0.2, 0.25) is 0 Å². The smallest absolute Gasteiger partial charge is 0.335 e. The van der Waals surface area contributed by atoms with Crippen molar-refractivity contribution in [1.82, 2.24) is 9.97 Å². The number of carboxylic acids is 1. The third kappa shape index (κ3) is 3.49. The normalized spacial score (nSPS) is 11.1. The predicted molar refractivity (Wildman–Crippen MR) is 134 cm³/mol. The topological polar surface area (TPSA) is 132 Å². The number of anilines is 2. The standard InChI is InChI=1S/C27H20N4O3/c1-14(32)19-10-11-20(22-13-18-5-3-2-4-17(18)12-21(19)22)24-26(29)30-23(25(28)31-24)15-6-8-16(9-7-15)27(33)34/h2-13H,1H3,(H2,28,31)(H2,29,30)(H,33,34). The van der Waals surface area contributed by atoms with E-state index < -0.39 is 5.97 Å². The number of ketones is 1. The van der Waals surface area contributed by atoms with E-state index in [1.165, 1.54) is 12.1 Å². The number of benzene rings is 4. The summed E-state index contributed by atoms with van der Waals surface area (Å²) >= 11 is 0. The van der Waals surface area contributed by atoms with Gasteiger partial charge in [-0.05, 0) is 52.7 Å². The van der Waals surface area contributed by atoms with Gasteiger partial charge in [-0.25, -0.2) is 14.8 Å². The van der Waals surface area contributed by atoms with Gasteiger partial charge in [0.05, 0.1) is 5.56 Å². The summed E-state index contributed by atoms with van der Waals surface area (Å²) in [5, 5.41) is 12.8. The number of fused-ring (bicyclic) bond motifs is 2. The molecule has 5 aromatic rings. The lowest BCUT2D eigenvalue weighted by Gasteiger charge is -2.14. The highest BCUT2D eigenvalue weighted by Crippen LogP contribution is 2.37. The van der Waals surface area contributed by atoms with Gasteiger partial charge in [0.25, 0.3) is 0 Å². The average molecular weight is 448 g/mol. The fraction of sp³-hybridized carbons (Fsp3) is 0.0370. The van der Waals surface area contributed by atoms with Crippen LogP contribution in [0.5, 0.6) is 0 Å². The van der Waals surface area contributed by atoms with Crippen molar-refractivity contribution in [1.29, 1.82) is 0 Å². The van der Waals surface area contributed by atoms with Crippen molar-refractivity contribution in [2.24, 2.45) is 0 Å². The largest absolute Gasteiger partial charge is 0.478 e. The van der Waals surface area contributed by atoms with Gasteiger partial charge in [0.1, 0.15) is 11.4 Å². The van der Waals surface area contributed by atoms with Crippen LogP contribution in [0.3, 0.4) is 0 Å². The highest BCUT2D eigenvalue weighted by molar-refractivity contribution is 6.14. The van der Waals surface area contributed by atoms with Gasteiger partial charge in [0.15, 0.2) is 17.4 Å². The number of aromatic carboxylic acids is 1. The fourth-order valence-corrected chi connectivity index (χ4v) is 4.19. The zero-order valence-corrected chi connectivity index (χ0v) is 18.2. The Morgan fingerprint density at radius 3 is 1.97 bits per heavy atom. The highest BCUT2D eigenvalue weighted by Gasteiger charge is 2.18. The molecule has 34 heavy (non-hydrogen) atoms. The molecule has 0 atom stereocenters. The average Bonchev–Trinajstić information content (AvgIpc) is 2.83. The van der Waals surface area contributed by atoms with Crippen molar-refractivity contribution >= 4 is 44.9 Å². The molecule has 0 saturated heterocycles. The number of nitrogens with zero attached hydrogens (tertiary/aromatic N) is 2. The van der Waals surface area contributed by atoms with Gasteiger partial charge in [-0.1, -0.05) is 48.5 Å². The highest BCUT2D eigenvalue weighted by atomic mass is 16.4. The summed E-state index contributed by atoms with van der Waals surface area (Å²) in [4.78, 5) is 32.5. The van der Waals surface area contributed by atoms with Crippen LogP contribution in [0, 0.1) is 0 Å². The number of nitrogen functional groups attached to an aromatic ring is 2. The molecule has 0 aliphatic carbocycles. The summed E-state index contributed by atoms with van der Waals surface area (Å²) in [5.41, 5.74) is 15.5. The van der Waals surface area contributed by atoms with E-state index >= 15 is 0 Å². The van der Waals surface area contributed by atoms with Gasteiger partial charge in [-0.15, -0.1) is 0 Å². The maximum atomic E-state index is 12.3. The number of carbonyl (C=O) groups excluding carboxylic acids is 1. The van der Waals surface area contributed by atoms with Gasteiger partial charge in [0, 0.05) is 16.7 Å². The number of hydrogen-bond acceptors (Lipinski definition) is 6. The van der Waals surface area contributed by atoms with E-state index in [-0.39, 0.29) is 23.0 Å². The summed E-state index contributed by atoms with van der Waals surface area (Å²) in [7, 11) is 0. The first-order chi connectivity index (χ1) is 16.3. The third-order valence-corrected chi connectivity index (χ3v) is 5.87. The van der Waals surface area contributed by atoms with Crippen molar-refractivity contribution in [2.75, 3.05) is 11.5 Å². The van der Waals surface area contributed by atoms with Crippen LogP contribution in [0.15, 0.2) is 72.8 Å². The maximum Gasteiger partial charge on any atom is 0.335 e. The van der Waals surface area contributed by atoms with Gasteiger partial charge in [-0.3, -0.25) is 4.79 Å². The van der Waals surface area contributed by atoms with E-state index in [9.17, 15) is 9.59 Å². The molecule has 5 rings (SSSR count). The number of hydrogen-bond donors (Lipinski definition) is 3. The zero-order chi connectivity index (χ0) is 24.0. The Labute approximate surface area is 194 Å². The summed E-state index contributed by atoms with van der Waals surface area (Å²) < 4.78 is 0. The van der Waals surface area contributed by atoms with E-state index in [0.717, 1.165) is 27.1 Å². The van der Waals surface area contributed by atoms with Crippen molar-refractivity contribution in [2.45, 2.75) is 6.92 Å². The molecule has 4 aromatic carbocycles. The second-order valence-electron chi connectivity index (χ2n) is 8.04. The number of carbonyl (C=O) groups is 2. The van der Waals surface area contributed by atoms with Crippen molar-refractivity contribution in [3.05, 3.63) is 83.9 Å². The second kappa shape index (κ2) is 7.97. The number of rotatable bonds is 4. The minimum atomic E-state index is -1.02. The van der Waals surface area contributed by atoms with Crippen molar-refractivity contribution in [3.63, 3.8) is 0 Å². The Bertz CT molecular complexity index is 1630. The summed E-state index contributed by atoms with van der Waals surface area (Å²) in [6.45, 7) is 1.54. The van der Waals surface area contributed by atoms with Crippen LogP contribution in [-0.4, -0.2) is 26.8 Å². The molecule has 0 bridgehead atoms. The van der Waals surface area contributed by atoms with E-state index in [0.29, 0.717) is 22.5 Å². The number of carboxylic acid groups (broad SMARTS) is 1. The van der Waals surface area contributed by atoms with E-state index in [4.69, 9.17) is 16.6 Å². The van der Waals surface area contributed by atoms with Gasteiger partial charge < -0.3 is 16.6 Å². The molecule has 0 spiro atoms. The lowest BCUT2D eigenvalue weighted by atomic mass is 9.93. The molecule has 0 amide bonds. The molecule has 0 radical (unpaired) electrons. The van der Waals surface area contributed by atoms with Crippen LogP contribution in [0.25, 0.3) is 44.1 Å².